The molecule has 1 heterocycles. The van der Waals surface area contributed by atoms with E-state index in [-0.39, 0.29) is 0 Å². The monoisotopic (exact) mass is 274 g/mol. The first-order valence-corrected chi connectivity index (χ1v) is 7.39. The van der Waals surface area contributed by atoms with E-state index in [0.717, 1.165) is 17.4 Å². The summed E-state index contributed by atoms with van der Waals surface area (Å²) in [7, 11) is 2.17. The van der Waals surface area contributed by atoms with Gasteiger partial charge in [-0.05, 0) is 59.5 Å². The minimum absolute atomic E-state index is 0.400. The SMILES string of the molecule is CC(NCCCN(C)C(C)C)c1ccc(Cl)s1. The Balaban J connectivity index is 2.19. The maximum absolute atomic E-state index is 5.93. The first kappa shape index (κ1) is 15.0. The lowest BCUT2D eigenvalue weighted by atomic mass is 10.2. The zero-order chi connectivity index (χ0) is 12.8. The molecule has 0 spiro atoms. The van der Waals surface area contributed by atoms with Crippen molar-refractivity contribution in [1.29, 1.82) is 0 Å². The molecule has 2 nitrogen and oxygen atoms in total. The summed E-state index contributed by atoms with van der Waals surface area (Å²) in [5.74, 6) is 0. The van der Waals surface area contributed by atoms with Gasteiger partial charge in [0.25, 0.3) is 0 Å². The highest BCUT2D eigenvalue weighted by molar-refractivity contribution is 7.16. The van der Waals surface area contributed by atoms with E-state index in [2.05, 4.69) is 44.1 Å². The van der Waals surface area contributed by atoms with Crippen LogP contribution in [0.1, 0.15) is 38.1 Å². The Morgan fingerprint density at radius 1 is 1.35 bits per heavy atom. The molecule has 1 unspecified atom stereocenters. The van der Waals surface area contributed by atoms with Gasteiger partial charge < -0.3 is 10.2 Å². The lowest BCUT2D eigenvalue weighted by molar-refractivity contribution is 0.268. The van der Waals surface area contributed by atoms with Crippen LogP contribution in [0.2, 0.25) is 4.34 Å². The number of hydrogen-bond acceptors (Lipinski definition) is 3. The van der Waals surface area contributed by atoms with Gasteiger partial charge in [0.1, 0.15) is 0 Å². The third-order valence-corrected chi connectivity index (χ3v) is 4.45. The second-order valence-corrected chi connectivity index (χ2v) is 6.49. The number of halogens is 1. The molecule has 1 aromatic heterocycles. The molecule has 0 amide bonds. The molecule has 1 atom stereocenters. The highest BCUT2D eigenvalue weighted by Crippen LogP contribution is 2.26. The van der Waals surface area contributed by atoms with Crippen LogP contribution in [0.3, 0.4) is 0 Å². The fourth-order valence-electron chi connectivity index (χ4n) is 1.57. The Kier molecular flexibility index (Phi) is 6.49. The van der Waals surface area contributed by atoms with Gasteiger partial charge in [-0.15, -0.1) is 11.3 Å². The Bertz CT molecular complexity index is 325. The summed E-state index contributed by atoms with van der Waals surface area (Å²) in [6.07, 6.45) is 1.18. The summed E-state index contributed by atoms with van der Waals surface area (Å²) in [5.41, 5.74) is 0. The van der Waals surface area contributed by atoms with Crippen LogP contribution in [0.15, 0.2) is 12.1 Å². The van der Waals surface area contributed by atoms with Gasteiger partial charge in [-0.25, -0.2) is 0 Å². The van der Waals surface area contributed by atoms with Crippen molar-refractivity contribution >= 4 is 22.9 Å². The molecule has 0 aliphatic carbocycles. The second-order valence-electron chi connectivity index (χ2n) is 4.75. The topological polar surface area (TPSA) is 15.3 Å². The Morgan fingerprint density at radius 2 is 2.06 bits per heavy atom. The fourth-order valence-corrected chi connectivity index (χ4v) is 2.65. The summed E-state index contributed by atoms with van der Waals surface area (Å²) in [4.78, 5) is 3.68. The molecule has 0 aromatic carbocycles. The quantitative estimate of drug-likeness (QED) is 0.761. The van der Waals surface area contributed by atoms with E-state index in [9.17, 15) is 0 Å². The predicted molar refractivity (Wildman–Crippen MR) is 78.1 cm³/mol. The van der Waals surface area contributed by atoms with Gasteiger partial charge in [0.05, 0.1) is 4.34 Å². The maximum Gasteiger partial charge on any atom is 0.0931 e. The van der Waals surface area contributed by atoms with Crippen LogP contribution in [0.25, 0.3) is 0 Å². The van der Waals surface area contributed by atoms with Crippen LogP contribution >= 0.6 is 22.9 Å². The minimum atomic E-state index is 0.400. The van der Waals surface area contributed by atoms with Gasteiger partial charge in [-0.1, -0.05) is 11.6 Å². The summed E-state index contributed by atoms with van der Waals surface area (Å²) >= 11 is 7.58. The summed E-state index contributed by atoms with van der Waals surface area (Å²) in [6, 6.07) is 5.09. The molecule has 98 valence electrons. The third kappa shape index (κ3) is 5.38. The Hall–Kier alpha value is -0.0900. The molecule has 17 heavy (non-hydrogen) atoms. The molecular weight excluding hydrogens is 252 g/mol. The molecule has 0 bridgehead atoms. The van der Waals surface area contributed by atoms with Crippen LogP contribution in [-0.4, -0.2) is 31.1 Å². The lowest BCUT2D eigenvalue weighted by Crippen LogP contribution is -2.30. The zero-order valence-electron chi connectivity index (χ0n) is 11.2. The number of thiophene rings is 1. The van der Waals surface area contributed by atoms with Gasteiger partial charge in [0, 0.05) is 17.0 Å². The van der Waals surface area contributed by atoms with E-state index in [1.807, 2.05) is 6.07 Å². The minimum Gasteiger partial charge on any atom is -0.309 e. The van der Waals surface area contributed by atoms with Crippen molar-refractivity contribution in [3.05, 3.63) is 21.3 Å². The number of rotatable bonds is 7. The lowest BCUT2D eigenvalue weighted by Gasteiger charge is -2.21. The van der Waals surface area contributed by atoms with Crippen molar-refractivity contribution in [2.45, 2.75) is 39.3 Å². The van der Waals surface area contributed by atoms with E-state index in [0.29, 0.717) is 12.1 Å². The molecule has 0 radical (unpaired) electrons. The smallest absolute Gasteiger partial charge is 0.0931 e. The van der Waals surface area contributed by atoms with Gasteiger partial charge >= 0.3 is 0 Å². The van der Waals surface area contributed by atoms with Crippen molar-refractivity contribution in [2.24, 2.45) is 0 Å². The van der Waals surface area contributed by atoms with Gasteiger partial charge in [0.2, 0.25) is 0 Å². The predicted octanol–water partition coefficient (Wildman–Crippen LogP) is 3.78. The van der Waals surface area contributed by atoms with E-state index in [1.165, 1.54) is 11.3 Å². The van der Waals surface area contributed by atoms with Crippen molar-refractivity contribution in [1.82, 2.24) is 10.2 Å². The van der Waals surface area contributed by atoms with Crippen molar-refractivity contribution in [2.75, 3.05) is 20.1 Å². The molecule has 4 heteroatoms. The average Bonchev–Trinajstić information content (AvgIpc) is 2.70. The second kappa shape index (κ2) is 7.37. The van der Waals surface area contributed by atoms with Gasteiger partial charge in [-0.3, -0.25) is 0 Å². The molecule has 0 saturated heterocycles. The molecule has 1 aromatic rings. The Morgan fingerprint density at radius 3 is 2.59 bits per heavy atom. The van der Waals surface area contributed by atoms with E-state index in [4.69, 9.17) is 11.6 Å². The van der Waals surface area contributed by atoms with E-state index < -0.39 is 0 Å². The largest absolute Gasteiger partial charge is 0.309 e. The molecule has 0 aliphatic heterocycles. The first-order chi connectivity index (χ1) is 8.00. The summed E-state index contributed by atoms with van der Waals surface area (Å²) in [5, 5.41) is 3.53. The summed E-state index contributed by atoms with van der Waals surface area (Å²) < 4.78 is 0.869. The first-order valence-electron chi connectivity index (χ1n) is 6.19. The zero-order valence-corrected chi connectivity index (χ0v) is 12.7. The van der Waals surface area contributed by atoms with Crippen molar-refractivity contribution in [3.63, 3.8) is 0 Å². The Labute approximate surface area is 114 Å². The van der Waals surface area contributed by atoms with Gasteiger partial charge in [0.15, 0.2) is 0 Å². The standard InChI is InChI=1S/C13H23ClN2S/c1-10(2)16(4)9-5-8-15-11(3)12-6-7-13(14)17-12/h6-7,10-11,15H,5,8-9H2,1-4H3. The van der Waals surface area contributed by atoms with Crippen molar-refractivity contribution < 1.29 is 0 Å². The molecule has 1 rings (SSSR count). The molecule has 0 fully saturated rings. The molecular formula is C13H23ClN2S. The highest BCUT2D eigenvalue weighted by Gasteiger charge is 2.07. The highest BCUT2D eigenvalue weighted by atomic mass is 35.5. The van der Waals surface area contributed by atoms with E-state index in [1.54, 1.807) is 11.3 Å². The third-order valence-electron chi connectivity index (χ3n) is 3.04. The number of nitrogens with one attached hydrogen (secondary N) is 1. The number of nitrogens with zero attached hydrogens (tertiary/aromatic N) is 1. The maximum atomic E-state index is 5.93. The van der Waals surface area contributed by atoms with Crippen LogP contribution in [0.4, 0.5) is 0 Å². The molecule has 0 saturated carbocycles. The molecule has 1 N–H and O–H groups in total. The summed E-state index contributed by atoms with van der Waals surface area (Å²) in [6.45, 7) is 8.83. The van der Waals surface area contributed by atoms with E-state index >= 15 is 0 Å². The number of hydrogen-bond donors (Lipinski definition) is 1. The normalized spacial score (nSPS) is 13.6. The van der Waals surface area contributed by atoms with Crippen molar-refractivity contribution in [3.8, 4) is 0 Å². The van der Waals surface area contributed by atoms with Crippen LogP contribution in [0.5, 0.6) is 0 Å². The average molecular weight is 275 g/mol. The molecule has 0 aliphatic rings. The van der Waals surface area contributed by atoms with Crippen LogP contribution in [-0.2, 0) is 0 Å². The fraction of sp³-hybridized carbons (Fsp3) is 0.692. The van der Waals surface area contributed by atoms with Gasteiger partial charge in [-0.2, -0.15) is 0 Å². The van der Waals surface area contributed by atoms with Crippen LogP contribution in [0, 0.1) is 0 Å². The van der Waals surface area contributed by atoms with Crippen LogP contribution < -0.4 is 5.32 Å².